The van der Waals surface area contributed by atoms with Crippen LogP contribution in [0.5, 0.6) is 0 Å². The number of nitrogens with zero attached hydrogens (tertiary/aromatic N) is 2. The van der Waals surface area contributed by atoms with Crippen LogP contribution in [0.1, 0.15) is 25.0 Å². The van der Waals surface area contributed by atoms with Crippen LogP contribution in [0, 0.1) is 6.92 Å². The zero-order chi connectivity index (χ0) is 11.1. The lowest BCUT2D eigenvalue weighted by atomic mass is 9.99. The number of rotatable bonds is 0. The van der Waals surface area contributed by atoms with E-state index in [0.717, 1.165) is 43.0 Å². The van der Waals surface area contributed by atoms with Gasteiger partial charge in [-0.3, -0.25) is 4.79 Å². The van der Waals surface area contributed by atoms with Gasteiger partial charge in [-0.2, -0.15) is 0 Å². The number of nitrogens with one attached hydrogen (secondary N) is 1. The molecule has 4 nitrogen and oxygen atoms in total. The summed E-state index contributed by atoms with van der Waals surface area (Å²) in [5, 5.41) is 2.94. The first kappa shape index (κ1) is 9.63. The Balaban J connectivity index is 2.07. The number of pyridine rings is 1. The second-order valence-corrected chi connectivity index (χ2v) is 4.52. The van der Waals surface area contributed by atoms with Gasteiger partial charge in [-0.1, -0.05) is 0 Å². The predicted molar refractivity (Wildman–Crippen MR) is 62.6 cm³/mol. The minimum absolute atomic E-state index is 0.00412. The van der Waals surface area contributed by atoms with Crippen LogP contribution in [0.25, 0.3) is 0 Å². The van der Waals surface area contributed by atoms with Crippen molar-refractivity contribution >= 4 is 17.4 Å². The molecule has 0 radical (unpaired) electrons. The van der Waals surface area contributed by atoms with Crippen LogP contribution >= 0.6 is 0 Å². The van der Waals surface area contributed by atoms with Crippen molar-refractivity contribution in [1.29, 1.82) is 0 Å². The zero-order valence-electron chi connectivity index (χ0n) is 9.36. The van der Waals surface area contributed by atoms with Crippen molar-refractivity contribution in [3.8, 4) is 0 Å². The number of hydrogen-bond donors (Lipinski definition) is 1. The standard InChI is InChI=1S/C12H15N3O/c1-8-5-6-9-11(13-8)15-7-3-2-4-10(15)12(16)14-9/h5-6,10H,2-4,7H2,1H3,(H,14,16)/t10-/m0/s1. The normalized spacial score (nSPS) is 23.4. The summed E-state index contributed by atoms with van der Waals surface area (Å²) in [7, 11) is 0. The number of aryl methyl sites for hydroxylation is 1. The first-order valence-electron chi connectivity index (χ1n) is 5.81. The Labute approximate surface area is 94.7 Å². The lowest BCUT2D eigenvalue weighted by molar-refractivity contribution is -0.118. The van der Waals surface area contributed by atoms with Crippen molar-refractivity contribution in [2.24, 2.45) is 0 Å². The van der Waals surface area contributed by atoms with E-state index in [4.69, 9.17) is 0 Å². The molecule has 16 heavy (non-hydrogen) atoms. The van der Waals surface area contributed by atoms with Crippen molar-refractivity contribution in [3.05, 3.63) is 17.8 Å². The summed E-state index contributed by atoms with van der Waals surface area (Å²) in [6.07, 6.45) is 3.23. The summed E-state index contributed by atoms with van der Waals surface area (Å²) < 4.78 is 0. The van der Waals surface area contributed by atoms with Gasteiger partial charge < -0.3 is 10.2 Å². The Kier molecular flexibility index (Phi) is 2.09. The quantitative estimate of drug-likeness (QED) is 0.719. The number of piperidine rings is 1. The Morgan fingerprint density at radius 2 is 2.31 bits per heavy atom. The maximum absolute atomic E-state index is 11.9. The van der Waals surface area contributed by atoms with Gasteiger partial charge in [0.05, 0.1) is 5.69 Å². The van der Waals surface area contributed by atoms with Crippen LogP contribution in [0.15, 0.2) is 12.1 Å². The minimum Gasteiger partial charge on any atom is -0.343 e. The van der Waals surface area contributed by atoms with E-state index in [9.17, 15) is 4.79 Å². The first-order chi connectivity index (χ1) is 7.75. The molecule has 0 unspecified atom stereocenters. The molecule has 2 aliphatic heterocycles. The van der Waals surface area contributed by atoms with Gasteiger partial charge in [0.15, 0.2) is 5.82 Å². The average molecular weight is 217 g/mol. The summed E-state index contributed by atoms with van der Waals surface area (Å²) in [4.78, 5) is 18.6. The van der Waals surface area contributed by atoms with E-state index in [2.05, 4.69) is 15.2 Å². The number of fused-ring (bicyclic) bond motifs is 3. The molecule has 1 fully saturated rings. The molecule has 1 saturated heterocycles. The van der Waals surface area contributed by atoms with Crippen LogP contribution < -0.4 is 10.2 Å². The van der Waals surface area contributed by atoms with Crippen molar-refractivity contribution < 1.29 is 4.79 Å². The first-order valence-corrected chi connectivity index (χ1v) is 5.81. The number of carbonyl (C=O) groups excluding carboxylic acids is 1. The van der Waals surface area contributed by atoms with Gasteiger partial charge in [0.25, 0.3) is 0 Å². The molecule has 84 valence electrons. The fourth-order valence-corrected chi connectivity index (χ4v) is 2.53. The molecule has 1 amide bonds. The van der Waals surface area contributed by atoms with E-state index in [1.807, 2.05) is 19.1 Å². The number of anilines is 2. The van der Waals surface area contributed by atoms with Gasteiger partial charge in [0, 0.05) is 12.2 Å². The molecule has 1 aromatic heterocycles. The average Bonchev–Trinajstić information content (AvgIpc) is 2.31. The van der Waals surface area contributed by atoms with Crippen LogP contribution in [-0.2, 0) is 4.79 Å². The Morgan fingerprint density at radius 1 is 1.44 bits per heavy atom. The van der Waals surface area contributed by atoms with E-state index in [-0.39, 0.29) is 11.9 Å². The zero-order valence-corrected chi connectivity index (χ0v) is 9.36. The predicted octanol–water partition coefficient (Wildman–Crippen LogP) is 1.70. The van der Waals surface area contributed by atoms with Crippen molar-refractivity contribution in [1.82, 2.24) is 4.98 Å². The van der Waals surface area contributed by atoms with E-state index < -0.39 is 0 Å². The van der Waals surface area contributed by atoms with Gasteiger partial charge in [-0.05, 0) is 38.3 Å². The maximum Gasteiger partial charge on any atom is 0.247 e. The lowest BCUT2D eigenvalue weighted by Crippen LogP contribution is -2.51. The van der Waals surface area contributed by atoms with Gasteiger partial charge in [-0.15, -0.1) is 0 Å². The molecule has 1 N–H and O–H groups in total. The monoisotopic (exact) mass is 217 g/mol. The SMILES string of the molecule is Cc1ccc2c(n1)N1CCCC[C@H]1C(=O)N2. The van der Waals surface area contributed by atoms with Gasteiger partial charge in [-0.25, -0.2) is 4.98 Å². The van der Waals surface area contributed by atoms with Crippen molar-refractivity contribution in [2.75, 3.05) is 16.8 Å². The highest BCUT2D eigenvalue weighted by atomic mass is 16.2. The molecule has 0 aliphatic carbocycles. The van der Waals surface area contributed by atoms with Gasteiger partial charge >= 0.3 is 0 Å². The Morgan fingerprint density at radius 3 is 3.19 bits per heavy atom. The van der Waals surface area contributed by atoms with Crippen molar-refractivity contribution in [2.45, 2.75) is 32.2 Å². The maximum atomic E-state index is 11.9. The summed E-state index contributed by atoms with van der Waals surface area (Å²) >= 11 is 0. The van der Waals surface area contributed by atoms with Gasteiger partial charge in [0.1, 0.15) is 6.04 Å². The van der Waals surface area contributed by atoms with Gasteiger partial charge in [0.2, 0.25) is 5.91 Å². The summed E-state index contributed by atoms with van der Waals surface area (Å²) in [5.41, 5.74) is 1.85. The molecule has 3 heterocycles. The second kappa shape index (κ2) is 3.47. The molecule has 0 bridgehead atoms. The van der Waals surface area contributed by atoms with E-state index in [1.54, 1.807) is 0 Å². The second-order valence-electron chi connectivity index (χ2n) is 4.52. The summed E-state index contributed by atoms with van der Waals surface area (Å²) in [6.45, 7) is 2.93. The Bertz CT molecular complexity index is 444. The molecule has 4 heteroatoms. The largest absolute Gasteiger partial charge is 0.343 e. The minimum atomic E-state index is -0.00412. The molecule has 1 atom stereocenters. The summed E-state index contributed by atoms with van der Waals surface area (Å²) in [6, 6.07) is 3.87. The molecule has 0 spiro atoms. The molecule has 3 rings (SSSR count). The van der Waals surface area contributed by atoms with E-state index in [1.165, 1.54) is 0 Å². The molecule has 0 saturated carbocycles. The topological polar surface area (TPSA) is 45.2 Å². The number of amides is 1. The Hall–Kier alpha value is -1.58. The fourth-order valence-electron chi connectivity index (χ4n) is 2.53. The van der Waals surface area contributed by atoms with Crippen LogP contribution in [0.3, 0.4) is 0 Å². The number of carbonyl (C=O) groups is 1. The summed E-state index contributed by atoms with van der Waals surface area (Å²) in [5.74, 6) is 1.07. The van der Waals surface area contributed by atoms with E-state index in [0.29, 0.717) is 0 Å². The number of hydrogen-bond acceptors (Lipinski definition) is 3. The van der Waals surface area contributed by atoms with E-state index >= 15 is 0 Å². The molecule has 2 aliphatic rings. The highest BCUT2D eigenvalue weighted by molar-refractivity contribution is 6.02. The van der Waals surface area contributed by atoms with Crippen LogP contribution in [0.4, 0.5) is 11.5 Å². The third kappa shape index (κ3) is 1.37. The van der Waals surface area contributed by atoms with Crippen molar-refractivity contribution in [3.63, 3.8) is 0 Å². The lowest BCUT2D eigenvalue weighted by Gasteiger charge is -2.40. The third-order valence-electron chi connectivity index (χ3n) is 3.35. The molecular formula is C12H15N3O. The third-order valence-corrected chi connectivity index (χ3v) is 3.35. The molecule has 1 aromatic rings. The van der Waals surface area contributed by atoms with Crippen LogP contribution in [0.2, 0.25) is 0 Å². The fraction of sp³-hybridized carbons (Fsp3) is 0.500. The molecule has 0 aromatic carbocycles. The highest BCUT2D eigenvalue weighted by Gasteiger charge is 2.35. The number of aromatic nitrogens is 1. The van der Waals surface area contributed by atoms with Crippen LogP contribution in [-0.4, -0.2) is 23.5 Å². The molecular weight excluding hydrogens is 202 g/mol. The smallest absolute Gasteiger partial charge is 0.247 e. The highest BCUT2D eigenvalue weighted by Crippen LogP contribution is 2.34.